The number of guanidine groups is 1. The summed E-state index contributed by atoms with van der Waals surface area (Å²) < 4.78 is 26.6. The largest absolute Gasteiger partial charge is 0.367 e. The second-order valence-corrected chi connectivity index (χ2v) is 8.82. The number of halogens is 2. The first kappa shape index (κ1) is 24.6. The molecule has 2 N–H and O–H groups in total. The highest BCUT2D eigenvalue weighted by atomic mass is 127. The van der Waals surface area contributed by atoms with Crippen molar-refractivity contribution in [2.75, 3.05) is 37.3 Å². The maximum absolute atomic E-state index is 14.3. The first-order chi connectivity index (χ1) is 14.1. The Balaban J connectivity index is 0.00000320. The van der Waals surface area contributed by atoms with E-state index in [1.807, 2.05) is 43.3 Å². The Bertz CT molecular complexity index is 865. The van der Waals surface area contributed by atoms with E-state index >= 15 is 0 Å². The third kappa shape index (κ3) is 6.94. The van der Waals surface area contributed by atoms with E-state index in [-0.39, 0.29) is 35.8 Å². The zero-order valence-corrected chi connectivity index (χ0v) is 20.6. The number of hydrogen-bond donors (Lipinski definition) is 2. The average Bonchev–Trinajstić information content (AvgIpc) is 2.75. The van der Waals surface area contributed by atoms with Gasteiger partial charge in [0.05, 0.1) is 16.5 Å². The number of anilines is 1. The first-order valence-electron chi connectivity index (χ1n) is 9.98. The molecular formula is C22H30FIN4OS. The van der Waals surface area contributed by atoms with Crippen LogP contribution in [0.4, 0.5) is 10.1 Å². The smallest absolute Gasteiger partial charge is 0.191 e. The van der Waals surface area contributed by atoms with Crippen LogP contribution in [0.25, 0.3) is 0 Å². The Morgan fingerprint density at radius 1 is 1.27 bits per heavy atom. The van der Waals surface area contributed by atoms with Crippen molar-refractivity contribution in [3.63, 3.8) is 0 Å². The summed E-state index contributed by atoms with van der Waals surface area (Å²) >= 11 is 0. The average molecular weight is 544 g/mol. The van der Waals surface area contributed by atoms with Crippen molar-refractivity contribution in [3.8, 4) is 0 Å². The molecule has 30 heavy (non-hydrogen) atoms. The van der Waals surface area contributed by atoms with Crippen molar-refractivity contribution in [2.24, 2.45) is 4.99 Å². The summed E-state index contributed by atoms with van der Waals surface area (Å²) in [4.78, 5) is 7.22. The molecule has 0 saturated carbocycles. The number of benzene rings is 2. The molecule has 1 heterocycles. The number of aryl methyl sites for hydroxylation is 1. The minimum absolute atomic E-state index is 0. The topological polar surface area (TPSA) is 56.7 Å². The Hall–Kier alpha value is -1.68. The number of aliphatic imine (C=N–C) groups is 1. The van der Waals surface area contributed by atoms with Crippen LogP contribution in [0.15, 0.2) is 58.4 Å². The lowest BCUT2D eigenvalue weighted by Gasteiger charge is -2.35. The molecule has 1 aliphatic heterocycles. The minimum Gasteiger partial charge on any atom is -0.367 e. The lowest BCUT2D eigenvalue weighted by molar-refractivity contribution is 0.463. The maximum atomic E-state index is 14.3. The normalized spacial score (nSPS) is 17.8. The van der Waals surface area contributed by atoms with Crippen LogP contribution in [-0.2, 0) is 10.8 Å². The van der Waals surface area contributed by atoms with Gasteiger partial charge in [-0.05, 0) is 49.6 Å². The van der Waals surface area contributed by atoms with Gasteiger partial charge in [-0.25, -0.2) is 4.39 Å². The monoisotopic (exact) mass is 544 g/mol. The third-order valence-corrected chi connectivity index (χ3v) is 6.39. The lowest BCUT2D eigenvalue weighted by atomic mass is 10.0. The molecule has 0 aliphatic carbocycles. The van der Waals surface area contributed by atoms with E-state index in [9.17, 15) is 8.60 Å². The zero-order chi connectivity index (χ0) is 20.6. The number of nitrogens with zero attached hydrogens (tertiary/aromatic N) is 2. The molecule has 0 spiro atoms. The van der Waals surface area contributed by atoms with Gasteiger partial charge in [-0.2, -0.15) is 0 Å². The molecule has 1 fully saturated rings. The van der Waals surface area contributed by atoms with Crippen molar-refractivity contribution in [1.29, 1.82) is 0 Å². The van der Waals surface area contributed by atoms with Gasteiger partial charge in [0.15, 0.2) is 5.96 Å². The summed E-state index contributed by atoms with van der Waals surface area (Å²) in [5.41, 5.74) is 1.72. The van der Waals surface area contributed by atoms with E-state index in [1.54, 1.807) is 13.1 Å². The summed E-state index contributed by atoms with van der Waals surface area (Å²) in [6.45, 7) is 4.11. The summed E-state index contributed by atoms with van der Waals surface area (Å²) in [5.74, 6) is 1.02. The van der Waals surface area contributed by atoms with Gasteiger partial charge in [0, 0.05) is 43.4 Å². The van der Waals surface area contributed by atoms with Crippen molar-refractivity contribution in [3.05, 3.63) is 59.9 Å². The fourth-order valence-corrected chi connectivity index (χ4v) is 4.50. The highest BCUT2D eigenvalue weighted by Crippen LogP contribution is 2.24. The molecule has 1 aliphatic rings. The quantitative estimate of drug-likeness (QED) is 0.331. The second-order valence-electron chi connectivity index (χ2n) is 7.25. The summed E-state index contributed by atoms with van der Waals surface area (Å²) in [7, 11) is 0.687. The maximum Gasteiger partial charge on any atom is 0.191 e. The van der Waals surface area contributed by atoms with Crippen LogP contribution in [0.1, 0.15) is 18.4 Å². The molecule has 3 rings (SSSR count). The van der Waals surface area contributed by atoms with Gasteiger partial charge < -0.3 is 15.5 Å². The standard InChI is InChI=1S/C22H29FN4OS.HI/c1-17-10-11-20(23)21(15-17)27-13-6-7-18(16-27)26-22(24-2)25-12-14-29(28)19-8-4-3-5-9-19;/h3-5,8-11,15,18H,6-7,12-14,16H2,1-2H3,(H2,24,25,26);1H. The van der Waals surface area contributed by atoms with Crippen LogP contribution in [0, 0.1) is 12.7 Å². The Labute approximate surface area is 198 Å². The fourth-order valence-electron chi connectivity index (χ4n) is 3.52. The molecule has 8 heteroatoms. The molecule has 2 aromatic rings. The van der Waals surface area contributed by atoms with Gasteiger partial charge >= 0.3 is 0 Å². The predicted octanol–water partition coefficient (Wildman–Crippen LogP) is 3.69. The van der Waals surface area contributed by atoms with E-state index in [1.165, 1.54) is 6.07 Å². The van der Waals surface area contributed by atoms with Crippen LogP contribution in [-0.4, -0.2) is 48.6 Å². The molecule has 0 aromatic heterocycles. The number of rotatable bonds is 6. The molecule has 1 saturated heterocycles. The van der Waals surface area contributed by atoms with Gasteiger partial charge in [0.2, 0.25) is 0 Å². The zero-order valence-electron chi connectivity index (χ0n) is 17.4. The van der Waals surface area contributed by atoms with Crippen LogP contribution in [0.2, 0.25) is 0 Å². The van der Waals surface area contributed by atoms with E-state index in [0.29, 0.717) is 23.9 Å². The van der Waals surface area contributed by atoms with Gasteiger partial charge in [0.1, 0.15) is 5.82 Å². The van der Waals surface area contributed by atoms with Crippen LogP contribution >= 0.6 is 24.0 Å². The van der Waals surface area contributed by atoms with Crippen molar-refractivity contribution >= 4 is 46.4 Å². The number of hydrogen-bond acceptors (Lipinski definition) is 3. The second kappa shape index (κ2) is 12.2. The van der Waals surface area contributed by atoms with E-state index < -0.39 is 10.8 Å². The van der Waals surface area contributed by atoms with Crippen LogP contribution < -0.4 is 15.5 Å². The van der Waals surface area contributed by atoms with Gasteiger partial charge in [-0.1, -0.05) is 24.3 Å². The lowest BCUT2D eigenvalue weighted by Crippen LogP contribution is -2.51. The first-order valence-corrected chi connectivity index (χ1v) is 11.3. The number of nitrogens with one attached hydrogen (secondary N) is 2. The highest BCUT2D eigenvalue weighted by Gasteiger charge is 2.23. The van der Waals surface area contributed by atoms with E-state index in [2.05, 4.69) is 20.5 Å². The molecule has 2 aromatic carbocycles. The molecule has 2 atom stereocenters. The number of piperidine rings is 1. The molecule has 164 valence electrons. The Kier molecular flexibility index (Phi) is 10.0. The third-order valence-electron chi connectivity index (χ3n) is 5.01. The predicted molar refractivity (Wildman–Crippen MR) is 134 cm³/mol. The van der Waals surface area contributed by atoms with Gasteiger partial charge in [-0.15, -0.1) is 24.0 Å². The molecule has 0 radical (unpaired) electrons. The van der Waals surface area contributed by atoms with Gasteiger partial charge in [0.25, 0.3) is 0 Å². The summed E-state index contributed by atoms with van der Waals surface area (Å²) in [5, 5.41) is 6.67. The van der Waals surface area contributed by atoms with Crippen molar-refractivity contribution < 1.29 is 8.60 Å². The molecule has 0 amide bonds. The van der Waals surface area contributed by atoms with Crippen molar-refractivity contribution in [2.45, 2.75) is 30.7 Å². The summed E-state index contributed by atoms with van der Waals surface area (Å²) in [6.07, 6.45) is 1.99. The van der Waals surface area contributed by atoms with E-state index in [4.69, 9.17) is 0 Å². The molecule has 2 unspecified atom stereocenters. The van der Waals surface area contributed by atoms with Gasteiger partial charge in [-0.3, -0.25) is 9.20 Å². The molecule has 5 nitrogen and oxygen atoms in total. The van der Waals surface area contributed by atoms with Crippen LogP contribution in [0.3, 0.4) is 0 Å². The molecular weight excluding hydrogens is 514 g/mol. The van der Waals surface area contributed by atoms with E-state index in [0.717, 1.165) is 36.4 Å². The summed E-state index contributed by atoms with van der Waals surface area (Å²) in [6, 6.07) is 14.9. The highest BCUT2D eigenvalue weighted by molar-refractivity contribution is 14.0. The van der Waals surface area contributed by atoms with Crippen LogP contribution in [0.5, 0.6) is 0 Å². The van der Waals surface area contributed by atoms with Crippen molar-refractivity contribution in [1.82, 2.24) is 10.6 Å². The fraction of sp³-hybridized carbons (Fsp3) is 0.409. The Morgan fingerprint density at radius 2 is 2.03 bits per heavy atom. The Morgan fingerprint density at radius 3 is 2.77 bits per heavy atom. The molecule has 0 bridgehead atoms. The minimum atomic E-state index is -1.04. The SMILES string of the molecule is CN=C(NCCS(=O)c1ccccc1)NC1CCCN(c2cc(C)ccc2F)C1.I.